The Balaban J connectivity index is 1.82. The smallest absolute Gasteiger partial charge is 0.415 e. The molecule has 216 valence electrons. The molecule has 0 aliphatic carbocycles. The van der Waals surface area contributed by atoms with Gasteiger partial charge in [-0.3, -0.25) is 9.59 Å². The molecule has 1 fully saturated rings. The van der Waals surface area contributed by atoms with Crippen LogP contribution in [0.25, 0.3) is 0 Å². The molecule has 1 unspecified atom stereocenters. The van der Waals surface area contributed by atoms with Crippen molar-refractivity contribution < 1.29 is 29.0 Å². The Bertz CT molecular complexity index is 1160. The Hall–Kier alpha value is -4.22. The second-order valence-corrected chi connectivity index (χ2v) is 9.49. The lowest BCUT2D eigenvalue weighted by Gasteiger charge is -2.25. The van der Waals surface area contributed by atoms with Gasteiger partial charge >= 0.3 is 12.1 Å². The zero-order chi connectivity index (χ0) is 29.1. The predicted octanol–water partition coefficient (Wildman–Crippen LogP) is 3.70. The molecule has 1 aromatic heterocycles. The summed E-state index contributed by atoms with van der Waals surface area (Å²) in [6.45, 7) is 8.26. The van der Waals surface area contributed by atoms with E-state index in [-0.39, 0.29) is 24.3 Å². The Morgan fingerprint density at radius 1 is 1.10 bits per heavy atom. The molecule has 0 radical (unpaired) electrons. The van der Waals surface area contributed by atoms with E-state index < -0.39 is 24.0 Å². The van der Waals surface area contributed by atoms with Crippen molar-refractivity contribution in [2.24, 2.45) is 0 Å². The number of hydrogen-bond donors (Lipinski definition) is 2. The van der Waals surface area contributed by atoms with Gasteiger partial charge in [0.2, 0.25) is 18.3 Å². The molecule has 1 aliphatic rings. The van der Waals surface area contributed by atoms with E-state index in [0.717, 1.165) is 24.2 Å². The quantitative estimate of drug-likeness (QED) is 0.352. The van der Waals surface area contributed by atoms with Crippen LogP contribution in [0.4, 0.5) is 22.2 Å². The molecule has 0 saturated carbocycles. The van der Waals surface area contributed by atoms with Crippen LogP contribution in [0.3, 0.4) is 0 Å². The van der Waals surface area contributed by atoms with Crippen molar-refractivity contribution in [2.45, 2.75) is 65.3 Å². The van der Waals surface area contributed by atoms with Crippen LogP contribution >= 0.6 is 0 Å². The van der Waals surface area contributed by atoms with Crippen molar-refractivity contribution >= 4 is 41.8 Å². The largest absolute Gasteiger partial charge is 0.480 e. The van der Waals surface area contributed by atoms with Crippen molar-refractivity contribution in [1.29, 1.82) is 0 Å². The molecule has 2 heterocycles. The van der Waals surface area contributed by atoms with Crippen LogP contribution in [-0.4, -0.2) is 76.6 Å². The van der Waals surface area contributed by atoms with Crippen LogP contribution in [0.1, 0.15) is 58.4 Å². The van der Waals surface area contributed by atoms with Gasteiger partial charge in [0.25, 0.3) is 0 Å². The lowest BCUT2D eigenvalue weighted by Crippen LogP contribution is -2.37. The molecule has 3 amide bonds. The summed E-state index contributed by atoms with van der Waals surface area (Å²) in [6, 6.07) is 5.50. The fourth-order valence-corrected chi connectivity index (χ4v) is 4.43. The highest BCUT2D eigenvalue weighted by Crippen LogP contribution is 2.27. The highest BCUT2D eigenvalue weighted by Gasteiger charge is 2.26. The number of aliphatic carboxylic acids is 1. The highest BCUT2D eigenvalue weighted by molar-refractivity contribution is 6.08. The number of imide groups is 1. The van der Waals surface area contributed by atoms with Gasteiger partial charge in [0, 0.05) is 39.0 Å². The Morgan fingerprint density at radius 2 is 1.77 bits per heavy atom. The number of anilines is 3. The molecule has 12 heteroatoms. The van der Waals surface area contributed by atoms with Crippen LogP contribution in [-0.2, 0) is 20.8 Å². The summed E-state index contributed by atoms with van der Waals surface area (Å²) >= 11 is 0. The maximum atomic E-state index is 12.6. The van der Waals surface area contributed by atoms with Crippen LogP contribution in [0.15, 0.2) is 30.5 Å². The molecule has 40 heavy (non-hydrogen) atoms. The number of rotatable bonds is 13. The molecule has 1 aliphatic heterocycles. The van der Waals surface area contributed by atoms with Gasteiger partial charge in [-0.2, -0.15) is 4.98 Å². The van der Waals surface area contributed by atoms with Crippen LogP contribution < -0.4 is 19.9 Å². The van der Waals surface area contributed by atoms with Crippen molar-refractivity contribution in [3.8, 4) is 5.75 Å². The minimum Gasteiger partial charge on any atom is -0.480 e. The number of amides is 3. The summed E-state index contributed by atoms with van der Waals surface area (Å²) in [5, 5.41) is 12.9. The van der Waals surface area contributed by atoms with E-state index in [1.54, 1.807) is 29.2 Å². The summed E-state index contributed by atoms with van der Waals surface area (Å²) in [7, 11) is 0. The molecule has 3 rings (SSSR count). The number of nitrogens with zero attached hydrogens (tertiary/aromatic N) is 5. The zero-order valence-corrected chi connectivity index (χ0v) is 23.3. The average molecular weight is 555 g/mol. The monoisotopic (exact) mass is 554 g/mol. The minimum absolute atomic E-state index is 0.0593. The van der Waals surface area contributed by atoms with Gasteiger partial charge in [0.05, 0.1) is 6.20 Å². The van der Waals surface area contributed by atoms with E-state index in [4.69, 9.17) is 4.74 Å². The topological polar surface area (TPSA) is 145 Å². The Kier molecular flexibility index (Phi) is 11.2. The van der Waals surface area contributed by atoms with E-state index in [1.807, 2.05) is 25.7 Å². The van der Waals surface area contributed by atoms with Gasteiger partial charge in [-0.25, -0.2) is 19.5 Å². The number of nitrogens with one attached hydrogen (secondary N) is 1. The molecule has 1 atom stereocenters. The summed E-state index contributed by atoms with van der Waals surface area (Å²) in [6.07, 6.45) is 5.09. The van der Waals surface area contributed by atoms with Crippen molar-refractivity contribution in [3.63, 3.8) is 0 Å². The Morgan fingerprint density at radius 3 is 2.35 bits per heavy atom. The molecular weight excluding hydrogens is 516 g/mol. The molecular formula is C28H38N6O6. The van der Waals surface area contributed by atoms with E-state index in [0.29, 0.717) is 56.3 Å². The lowest BCUT2D eigenvalue weighted by atomic mass is 10.1. The first kappa shape index (κ1) is 30.3. The number of benzene rings is 1. The molecule has 1 saturated heterocycles. The third-order valence-electron chi connectivity index (χ3n) is 6.69. The van der Waals surface area contributed by atoms with Gasteiger partial charge in [0.1, 0.15) is 17.5 Å². The minimum atomic E-state index is -1.15. The second-order valence-electron chi connectivity index (χ2n) is 9.49. The number of carbonyl (C=O) groups excluding carboxylic acids is 3. The number of ether oxygens (including phenoxy) is 1. The van der Waals surface area contributed by atoms with Gasteiger partial charge in [-0.15, -0.1) is 0 Å². The average Bonchev–Trinajstić information content (AvgIpc) is 2.96. The molecule has 2 aromatic rings. The molecule has 0 spiro atoms. The highest BCUT2D eigenvalue weighted by atomic mass is 16.6. The number of carboxylic acids is 1. The van der Waals surface area contributed by atoms with Crippen molar-refractivity contribution in [1.82, 2.24) is 14.9 Å². The second kappa shape index (κ2) is 14.8. The van der Waals surface area contributed by atoms with Gasteiger partial charge in [0.15, 0.2) is 5.82 Å². The third-order valence-corrected chi connectivity index (χ3v) is 6.69. The summed E-state index contributed by atoms with van der Waals surface area (Å²) < 4.78 is 5.47. The molecule has 12 nitrogen and oxygen atoms in total. The van der Waals surface area contributed by atoms with Gasteiger partial charge < -0.3 is 25.0 Å². The molecule has 0 bridgehead atoms. The lowest BCUT2D eigenvalue weighted by molar-refractivity contribution is -0.137. The molecule has 1 aromatic carbocycles. The Labute approximate surface area is 234 Å². The SMILES string of the molecule is CCCC(=O)N(C=O)c1cnc(N(CC)CC)nc1NC(Cc1ccc(OC(=O)N2CCCCC2)cc1)C(=O)O. The van der Waals surface area contributed by atoms with E-state index in [9.17, 15) is 24.3 Å². The van der Waals surface area contributed by atoms with Crippen LogP contribution in [0, 0.1) is 0 Å². The summed E-state index contributed by atoms with van der Waals surface area (Å²) in [5.74, 6) is -0.812. The summed E-state index contributed by atoms with van der Waals surface area (Å²) in [5.41, 5.74) is 0.752. The third kappa shape index (κ3) is 7.90. The fourth-order valence-electron chi connectivity index (χ4n) is 4.43. The van der Waals surface area contributed by atoms with Crippen LogP contribution in [0.2, 0.25) is 0 Å². The van der Waals surface area contributed by atoms with Crippen molar-refractivity contribution in [2.75, 3.05) is 41.3 Å². The standard InChI is InChI=1S/C28H38N6O6/c1-4-10-24(36)34(19-35)23-18-29-27(32(5-2)6-3)31-25(23)30-22(26(37)38)17-20-11-13-21(14-12-20)40-28(39)33-15-8-7-9-16-33/h11-14,18-19,22H,4-10,15-17H2,1-3H3,(H,37,38)(H,29,30,31). The number of carboxylic acid groups (broad SMARTS) is 1. The predicted molar refractivity (Wildman–Crippen MR) is 151 cm³/mol. The van der Waals surface area contributed by atoms with Gasteiger partial charge in [-0.1, -0.05) is 19.1 Å². The summed E-state index contributed by atoms with van der Waals surface area (Å²) in [4.78, 5) is 62.5. The fraction of sp³-hybridized carbons (Fsp3) is 0.500. The first-order valence-electron chi connectivity index (χ1n) is 13.8. The number of piperidine rings is 1. The van der Waals surface area contributed by atoms with Gasteiger partial charge in [-0.05, 0) is 57.2 Å². The van der Waals surface area contributed by atoms with E-state index >= 15 is 0 Å². The first-order valence-corrected chi connectivity index (χ1v) is 13.8. The maximum Gasteiger partial charge on any atom is 0.415 e. The number of likely N-dealkylation sites (tertiary alicyclic amines) is 1. The molecule has 2 N–H and O–H groups in total. The first-order chi connectivity index (χ1) is 19.3. The van der Waals surface area contributed by atoms with Crippen molar-refractivity contribution in [3.05, 3.63) is 36.0 Å². The van der Waals surface area contributed by atoms with Crippen LogP contribution in [0.5, 0.6) is 5.75 Å². The number of hydrogen-bond acceptors (Lipinski definition) is 9. The number of carbonyl (C=O) groups is 4. The zero-order valence-electron chi connectivity index (χ0n) is 23.3. The van der Waals surface area contributed by atoms with E-state index in [1.165, 1.54) is 6.20 Å². The normalized spacial score (nSPS) is 13.7. The number of aromatic nitrogens is 2. The maximum absolute atomic E-state index is 12.6. The van der Waals surface area contributed by atoms with E-state index in [2.05, 4.69) is 15.3 Å².